The van der Waals surface area contributed by atoms with Gasteiger partial charge in [-0.3, -0.25) is 9.59 Å². The molecule has 0 radical (unpaired) electrons. The van der Waals surface area contributed by atoms with Gasteiger partial charge in [0, 0.05) is 37.8 Å². The second-order valence-corrected chi connectivity index (χ2v) is 8.61. The van der Waals surface area contributed by atoms with E-state index in [2.05, 4.69) is 10.0 Å². The monoisotopic (exact) mass is 417 g/mol. The highest BCUT2D eigenvalue weighted by Crippen LogP contribution is 2.14. The van der Waals surface area contributed by atoms with Crippen LogP contribution in [0.3, 0.4) is 0 Å². The molecule has 7 nitrogen and oxygen atoms in total. The van der Waals surface area contributed by atoms with E-state index in [-0.39, 0.29) is 22.8 Å². The van der Waals surface area contributed by atoms with Crippen LogP contribution < -0.4 is 10.0 Å². The van der Waals surface area contributed by atoms with E-state index in [1.165, 1.54) is 29.2 Å². The Morgan fingerprint density at radius 3 is 2.07 bits per heavy atom. The molecule has 0 aliphatic carbocycles. The maximum absolute atomic E-state index is 12.7. The molecule has 2 aromatic carbocycles. The quantitative estimate of drug-likeness (QED) is 0.689. The number of nitrogens with one attached hydrogen (secondary N) is 2. The largest absolute Gasteiger partial charge is 0.355 e. The highest BCUT2D eigenvalue weighted by Gasteiger charge is 2.18. The zero-order valence-electron chi connectivity index (χ0n) is 17.1. The van der Waals surface area contributed by atoms with Gasteiger partial charge in [-0.25, -0.2) is 13.1 Å². The van der Waals surface area contributed by atoms with Crippen molar-refractivity contribution in [1.82, 2.24) is 14.9 Å². The second kappa shape index (κ2) is 9.67. The number of hydrogen-bond donors (Lipinski definition) is 2. The van der Waals surface area contributed by atoms with Crippen LogP contribution in [-0.2, 0) is 16.6 Å². The van der Waals surface area contributed by atoms with Crippen molar-refractivity contribution in [2.24, 2.45) is 0 Å². The van der Waals surface area contributed by atoms with Crippen LogP contribution in [0, 0.1) is 0 Å². The van der Waals surface area contributed by atoms with E-state index in [0.29, 0.717) is 24.1 Å². The number of hydrogen-bond acceptors (Lipinski definition) is 4. The highest BCUT2D eigenvalue weighted by molar-refractivity contribution is 7.89. The lowest BCUT2D eigenvalue weighted by Gasteiger charge is -2.18. The first-order valence-corrected chi connectivity index (χ1v) is 10.8. The number of benzene rings is 2. The van der Waals surface area contributed by atoms with Gasteiger partial charge in [0.15, 0.2) is 0 Å². The molecule has 2 aromatic rings. The summed E-state index contributed by atoms with van der Waals surface area (Å²) < 4.78 is 27.2. The average Bonchev–Trinajstić information content (AvgIpc) is 2.72. The van der Waals surface area contributed by atoms with E-state index in [1.807, 2.05) is 6.92 Å². The molecule has 0 saturated carbocycles. The molecule has 156 valence electrons. The second-order valence-electron chi connectivity index (χ2n) is 6.89. The van der Waals surface area contributed by atoms with Gasteiger partial charge in [-0.05, 0) is 55.3 Å². The van der Waals surface area contributed by atoms with Crippen LogP contribution in [0.25, 0.3) is 0 Å². The Morgan fingerprint density at radius 2 is 1.55 bits per heavy atom. The van der Waals surface area contributed by atoms with Gasteiger partial charge in [0.2, 0.25) is 10.0 Å². The number of rotatable bonds is 8. The Bertz CT molecular complexity index is 954. The lowest BCUT2D eigenvalue weighted by atomic mass is 10.1. The maximum Gasteiger partial charge on any atom is 0.253 e. The minimum atomic E-state index is -3.60. The van der Waals surface area contributed by atoms with Crippen molar-refractivity contribution in [3.05, 3.63) is 65.2 Å². The first-order chi connectivity index (χ1) is 13.7. The standard InChI is InChI=1S/C21H27N3O4S/c1-5-15(2)23-29(27,28)19-12-10-18(11-13-19)21(26)24(4)14-16-6-8-17(9-7-16)20(25)22-3/h6-13,15,23H,5,14H2,1-4H3,(H,22,25)/t15-/m1/s1. The summed E-state index contributed by atoms with van der Waals surface area (Å²) in [6, 6.07) is 12.7. The van der Waals surface area contributed by atoms with Crippen LogP contribution in [0.15, 0.2) is 53.4 Å². The molecule has 0 saturated heterocycles. The number of carbonyl (C=O) groups is 2. The van der Waals surface area contributed by atoms with E-state index < -0.39 is 10.0 Å². The maximum atomic E-state index is 12.7. The van der Waals surface area contributed by atoms with Crippen molar-refractivity contribution in [2.75, 3.05) is 14.1 Å². The first kappa shape index (κ1) is 22.6. The van der Waals surface area contributed by atoms with Crippen LogP contribution >= 0.6 is 0 Å². The molecule has 0 aromatic heterocycles. The molecule has 1 atom stereocenters. The van der Waals surface area contributed by atoms with Gasteiger partial charge in [0.05, 0.1) is 4.90 Å². The summed E-state index contributed by atoms with van der Waals surface area (Å²) in [5, 5.41) is 2.56. The summed E-state index contributed by atoms with van der Waals surface area (Å²) in [5.74, 6) is -0.391. The van der Waals surface area contributed by atoms with Gasteiger partial charge >= 0.3 is 0 Å². The molecule has 0 aliphatic heterocycles. The van der Waals surface area contributed by atoms with Crippen molar-refractivity contribution in [1.29, 1.82) is 0 Å². The van der Waals surface area contributed by atoms with Crippen LogP contribution in [0.4, 0.5) is 0 Å². The van der Waals surface area contributed by atoms with Gasteiger partial charge in [-0.15, -0.1) is 0 Å². The Hall–Kier alpha value is -2.71. The molecule has 2 amide bonds. The normalized spacial score (nSPS) is 12.3. The third-order valence-electron chi connectivity index (χ3n) is 4.59. The van der Waals surface area contributed by atoms with Gasteiger partial charge in [-0.2, -0.15) is 0 Å². The lowest BCUT2D eigenvalue weighted by Crippen LogP contribution is -2.32. The smallest absolute Gasteiger partial charge is 0.253 e. The molecule has 0 spiro atoms. The van der Waals surface area contributed by atoms with Crippen molar-refractivity contribution in [3.63, 3.8) is 0 Å². The third-order valence-corrected chi connectivity index (χ3v) is 6.20. The summed E-state index contributed by atoms with van der Waals surface area (Å²) in [6.07, 6.45) is 0.685. The number of amides is 2. The average molecular weight is 418 g/mol. The number of carbonyl (C=O) groups excluding carboxylic acids is 2. The topological polar surface area (TPSA) is 95.6 Å². The Balaban J connectivity index is 2.07. The van der Waals surface area contributed by atoms with Gasteiger partial charge in [0.1, 0.15) is 0 Å². The van der Waals surface area contributed by atoms with Crippen molar-refractivity contribution in [3.8, 4) is 0 Å². The summed E-state index contributed by atoms with van der Waals surface area (Å²) in [7, 11) is -0.364. The molecule has 0 bridgehead atoms. The molecule has 8 heteroatoms. The predicted octanol–water partition coefficient (Wildman–Crippen LogP) is 2.40. The first-order valence-electron chi connectivity index (χ1n) is 9.36. The van der Waals surface area contributed by atoms with E-state index >= 15 is 0 Å². The SMILES string of the molecule is CC[C@@H](C)NS(=O)(=O)c1ccc(C(=O)N(C)Cc2ccc(C(=O)NC)cc2)cc1. The van der Waals surface area contributed by atoms with E-state index in [1.54, 1.807) is 45.3 Å². The fraction of sp³-hybridized carbons (Fsp3) is 0.333. The molecule has 2 rings (SSSR count). The fourth-order valence-electron chi connectivity index (χ4n) is 2.66. The molecule has 0 unspecified atom stereocenters. The van der Waals surface area contributed by atoms with Crippen LogP contribution in [0.5, 0.6) is 0 Å². The van der Waals surface area contributed by atoms with E-state index in [4.69, 9.17) is 0 Å². The van der Waals surface area contributed by atoms with E-state index in [9.17, 15) is 18.0 Å². The summed E-state index contributed by atoms with van der Waals surface area (Å²) >= 11 is 0. The van der Waals surface area contributed by atoms with Gasteiger partial charge in [0.25, 0.3) is 11.8 Å². The molecular weight excluding hydrogens is 390 g/mol. The molecular formula is C21H27N3O4S. The lowest BCUT2D eigenvalue weighted by molar-refractivity contribution is 0.0784. The zero-order chi connectivity index (χ0) is 21.6. The van der Waals surface area contributed by atoms with E-state index in [0.717, 1.165) is 5.56 Å². The van der Waals surface area contributed by atoms with Gasteiger partial charge < -0.3 is 10.2 Å². The predicted molar refractivity (Wildman–Crippen MR) is 112 cm³/mol. The highest BCUT2D eigenvalue weighted by atomic mass is 32.2. The molecule has 0 aliphatic rings. The summed E-state index contributed by atoms with van der Waals surface area (Å²) in [4.78, 5) is 25.9. The molecule has 0 heterocycles. The Morgan fingerprint density at radius 1 is 1.00 bits per heavy atom. The van der Waals surface area contributed by atoms with Crippen molar-refractivity contribution >= 4 is 21.8 Å². The fourth-order valence-corrected chi connectivity index (χ4v) is 3.99. The van der Waals surface area contributed by atoms with Crippen LogP contribution in [0.1, 0.15) is 46.5 Å². The summed E-state index contributed by atoms with van der Waals surface area (Å²) in [6.45, 7) is 4.06. The minimum Gasteiger partial charge on any atom is -0.355 e. The van der Waals surface area contributed by atoms with Crippen molar-refractivity contribution < 1.29 is 18.0 Å². The van der Waals surface area contributed by atoms with Crippen molar-refractivity contribution in [2.45, 2.75) is 37.8 Å². The van der Waals surface area contributed by atoms with Crippen LogP contribution in [0.2, 0.25) is 0 Å². The Kier molecular flexibility index (Phi) is 7.53. The Labute approximate surface area is 172 Å². The molecule has 29 heavy (non-hydrogen) atoms. The summed E-state index contributed by atoms with van der Waals surface area (Å²) in [5.41, 5.74) is 1.83. The third kappa shape index (κ3) is 5.88. The zero-order valence-corrected chi connectivity index (χ0v) is 17.9. The number of nitrogens with zero attached hydrogens (tertiary/aromatic N) is 1. The number of sulfonamides is 1. The molecule has 0 fully saturated rings. The van der Waals surface area contributed by atoms with Gasteiger partial charge in [-0.1, -0.05) is 19.1 Å². The minimum absolute atomic E-state index is 0.127. The van der Waals surface area contributed by atoms with Crippen LogP contribution in [-0.4, -0.2) is 45.3 Å². The molecule has 2 N–H and O–H groups in total.